The lowest BCUT2D eigenvalue weighted by Crippen LogP contribution is -2.08. The van der Waals surface area contributed by atoms with Crippen molar-refractivity contribution in [1.82, 2.24) is 10.3 Å². The van der Waals surface area contributed by atoms with Gasteiger partial charge >= 0.3 is 0 Å². The molecule has 5 heteroatoms. The molecule has 0 amide bonds. The predicted molar refractivity (Wildman–Crippen MR) is 67.1 cm³/mol. The fourth-order valence-electron chi connectivity index (χ4n) is 1.40. The number of thiophene rings is 1. The highest BCUT2D eigenvalue weighted by molar-refractivity contribution is 7.19. The van der Waals surface area contributed by atoms with Crippen LogP contribution >= 0.6 is 22.9 Å². The third-order valence-electron chi connectivity index (χ3n) is 2.19. The van der Waals surface area contributed by atoms with Crippen LogP contribution in [-0.4, -0.2) is 18.6 Å². The Morgan fingerprint density at radius 2 is 2.38 bits per heavy atom. The van der Waals surface area contributed by atoms with Gasteiger partial charge in [0.15, 0.2) is 11.7 Å². The number of aryl methyl sites for hydroxylation is 1. The molecule has 0 aliphatic heterocycles. The molecule has 0 aliphatic rings. The standard InChI is InChI=1S/C11H13ClN2OS/c1-13-6-2-3-11-14-7-8(15-11)9-4-5-10(12)16-9/h4-5,7,13H,2-3,6H2,1H3. The second-order valence-corrected chi connectivity index (χ2v) is 5.14. The second-order valence-electron chi connectivity index (χ2n) is 3.43. The number of aromatic nitrogens is 1. The van der Waals surface area contributed by atoms with Crippen molar-refractivity contribution in [2.24, 2.45) is 0 Å². The van der Waals surface area contributed by atoms with Crippen LogP contribution in [0, 0.1) is 0 Å². The Balaban J connectivity index is 2.02. The zero-order chi connectivity index (χ0) is 11.4. The Labute approximate surface area is 103 Å². The van der Waals surface area contributed by atoms with E-state index in [4.69, 9.17) is 16.0 Å². The van der Waals surface area contributed by atoms with Crippen LogP contribution in [0.3, 0.4) is 0 Å². The highest BCUT2D eigenvalue weighted by atomic mass is 35.5. The lowest BCUT2D eigenvalue weighted by molar-refractivity contribution is 0.496. The second kappa shape index (κ2) is 5.48. The molecule has 3 nitrogen and oxygen atoms in total. The first kappa shape index (κ1) is 11.6. The van der Waals surface area contributed by atoms with E-state index < -0.39 is 0 Å². The van der Waals surface area contributed by atoms with Crippen molar-refractivity contribution in [3.8, 4) is 10.6 Å². The van der Waals surface area contributed by atoms with Gasteiger partial charge in [-0.15, -0.1) is 11.3 Å². The summed E-state index contributed by atoms with van der Waals surface area (Å²) in [6.45, 7) is 0.975. The molecule has 2 aromatic rings. The fourth-order valence-corrected chi connectivity index (χ4v) is 2.39. The van der Waals surface area contributed by atoms with E-state index >= 15 is 0 Å². The van der Waals surface area contributed by atoms with Gasteiger partial charge in [0, 0.05) is 6.42 Å². The van der Waals surface area contributed by atoms with E-state index in [1.54, 1.807) is 6.20 Å². The number of oxazole rings is 1. The van der Waals surface area contributed by atoms with Gasteiger partial charge in [-0.05, 0) is 32.1 Å². The summed E-state index contributed by atoms with van der Waals surface area (Å²) in [5.41, 5.74) is 0. The summed E-state index contributed by atoms with van der Waals surface area (Å²) in [6, 6.07) is 3.82. The molecule has 0 unspecified atom stereocenters. The monoisotopic (exact) mass is 256 g/mol. The summed E-state index contributed by atoms with van der Waals surface area (Å²) >= 11 is 7.37. The highest BCUT2D eigenvalue weighted by Crippen LogP contribution is 2.31. The van der Waals surface area contributed by atoms with Crippen LogP contribution in [0.5, 0.6) is 0 Å². The molecule has 2 aromatic heterocycles. The van der Waals surface area contributed by atoms with Gasteiger partial charge in [0.2, 0.25) is 0 Å². The molecule has 0 aromatic carbocycles. The van der Waals surface area contributed by atoms with Gasteiger partial charge in [0.05, 0.1) is 15.4 Å². The van der Waals surface area contributed by atoms with Crippen molar-refractivity contribution >= 4 is 22.9 Å². The first-order valence-electron chi connectivity index (χ1n) is 5.14. The van der Waals surface area contributed by atoms with Crippen LogP contribution in [0.4, 0.5) is 0 Å². The van der Waals surface area contributed by atoms with E-state index in [-0.39, 0.29) is 0 Å². The van der Waals surface area contributed by atoms with Gasteiger partial charge in [0.1, 0.15) is 0 Å². The van der Waals surface area contributed by atoms with Crippen molar-refractivity contribution < 1.29 is 4.42 Å². The molecule has 0 bridgehead atoms. The maximum atomic E-state index is 5.87. The topological polar surface area (TPSA) is 38.1 Å². The maximum Gasteiger partial charge on any atom is 0.194 e. The lowest BCUT2D eigenvalue weighted by atomic mass is 10.3. The molecule has 2 rings (SSSR count). The summed E-state index contributed by atoms with van der Waals surface area (Å²) in [4.78, 5) is 5.27. The number of hydrogen-bond donors (Lipinski definition) is 1. The quantitative estimate of drug-likeness (QED) is 0.835. The zero-order valence-electron chi connectivity index (χ0n) is 9.00. The Morgan fingerprint density at radius 1 is 1.50 bits per heavy atom. The average molecular weight is 257 g/mol. The van der Waals surface area contributed by atoms with Gasteiger partial charge in [-0.1, -0.05) is 11.6 Å². The SMILES string of the molecule is CNCCCc1ncc(-c2ccc(Cl)s2)o1. The van der Waals surface area contributed by atoms with Crippen LogP contribution in [0.1, 0.15) is 12.3 Å². The number of nitrogens with one attached hydrogen (secondary N) is 1. The molecule has 86 valence electrons. The summed E-state index contributed by atoms with van der Waals surface area (Å²) < 4.78 is 6.41. The molecular formula is C11H13ClN2OS. The van der Waals surface area contributed by atoms with Gasteiger partial charge in [0.25, 0.3) is 0 Å². The van der Waals surface area contributed by atoms with Crippen LogP contribution < -0.4 is 5.32 Å². The summed E-state index contributed by atoms with van der Waals surface area (Å²) in [7, 11) is 1.94. The van der Waals surface area contributed by atoms with E-state index in [1.165, 1.54) is 11.3 Å². The number of nitrogens with zero attached hydrogens (tertiary/aromatic N) is 1. The molecule has 16 heavy (non-hydrogen) atoms. The Kier molecular flexibility index (Phi) is 3.98. The molecule has 2 heterocycles. The summed E-state index contributed by atoms with van der Waals surface area (Å²) in [6.07, 6.45) is 3.65. The smallest absolute Gasteiger partial charge is 0.194 e. The molecule has 0 radical (unpaired) electrons. The molecule has 1 N–H and O–H groups in total. The Morgan fingerprint density at radius 3 is 3.06 bits per heavy atom. The highest BCUT2D eigenvalue weighted by Gasteiger charge is 2.08. The van der Waals surface area contributed by atoms with Crippen molar-refractivity contribution in [2.75, 3.05) is 13.6 Å². The van der Waals surface area contributed by atoms with Gasteiger partial charge in [-0.3, -0.25) is 0 Å². The Hall–Kier alpha value is -0.840. The third-order valence-corrected chi connectivity index (χ3v) is 3.43. The molecule has 0 fully saturated rings. The molecule has 0 spiro atoms. The number of rotatable bonds is 5. The first-order chi connectivity index (χ1) is 7.79. The van der Waals surface area contributed by atoms with Crippen molar-refractivity contribution in [1.29, 1.82) is 0 Å². The third kappa shape index (κ3) is 2.84. The van der Waals surface area contributed by atoms with E-state index in [1.807, 2.05) is 19.2 Å². The average Bonchev–Trinajstić information content (AvgIpc) is 2.87. The molecule has 0 saturated carbocycles. The normalized spacial score (nSPS) is 10.9. The zero-order valence-corrected chi connectivity index (χ0v) is 10.6. The van der Waals surface area contributed by atoms with Crippen LogP contribution in [-0.2, 0) is 6.42 Å². The van der Waals surface area contributed by atoms with Crippen LogP contribution in [0.15, 0.2) is 22.7 Å². The van der Waals surface area contributed by atoms with Crippen LogP contribution in [0.25, 0.3) is 10.6 Å². The lowest BCUT2D eigenvalue weighted by Gasteiger charge is -1.95. The minimum absolute atomic E-state index is 0.767. The van der Waals surface area contributed by atoms with Gasteiger partial charge in [-0.25, -0.2) is 4.98 Å². The molecule has 0 saturated heterocycles. The number of halogens is 1. The van der Waals surface area contributed by atoms with Gasteiger partial charge in [-0.2, -0.15) is 0 Å². The minimum atomic E-state index is 0.767. The van der Waals surface area contributed by atoms with E-state index in [0.717, 1.165) is 40.3 Å². The Bertz CT molecular complexity index is 452. The van der Waals surface area contributed by atoms with E-state index in [0.29, 0.717) is 0 Å². The van der Waals surface area contributed by atoms with Crippen LogP contribution in [0.2, 0.25) is 4.34 Å². The van der Waals surface area contributed by atoms with E-state index in [9.17, 15) is 0 Å². The van der Waals surface area contributed by atoms with Crippen molar-refractivity contribution in [3.05, 3.63) is 28.6 Å². The molecule has 0 atom stereocenters. The van der Waals surface area contributed by atoms with Crippen molar-refractivity contribution in [3.63, 3.8) is 0 Å². The number of hydrogen-bond acceptors (Lipinski definition) is 4. The van der Waals surface area contributed by atoms with Gasteiger partial charge < -0.3 is 9.73 Å². The van der Waals surface area contributed by atoms with Crippen molar-refractivity contribution in [2.45, 2.75) is 12.8 Å². The summed E-state index contributed by atoms with van der Waals surface area (Å²) in [5, 5.41) is 3.09. The largest absolute Gasteiger partial charge is 0.440 e. The van der Waals surface area contributed by atoms with E-state index in [2.05, 4.69) is 10.3 Å². The molecule has 0 aliphatic carbocycles. The minimum Gasteiger partial charge on any atom is -0.440 e. The summed E-state index contributed by atoms with van der Waals surface area (Å²) in [5.74, 6) is 1.59. The maximum absolute atomic E-state index is 5.87. The molecular weight excluding hydrogens is 244 g/mol. The first-order valence-corrected chi connectivity index (χ1v) is 6.34. The predicted octanol–water partition coefficient (Wildman–Crippen LogP) is 3.21. The fraction of sp³-hybridized carbons (Fsp3) is 0.364.